The summed E-state index contributed by atoms with van der Waals surface area (Å²) in [5, 5.41) is 8.84. The lowest BCUT2D eigenvalue weighted by Crippen LogP contribution is -1.97. The number of rotatable bonds is 1. The Morgan fingerprint density at radius 3 is 2.69 bits per heavy atom. The van der Waals surface area contributed by atoms with Crippen LogP contribution in [0.25, 0.3) is 0 Å². The van der Waals surface area contributed by atoms with Crippen molar-refractivity contribution < 1.29 is 14.6 Å². The molecule has 1 aliphatic heterocycles. The largest absolute Gasteiger partial charge is 0.488 e. The maximum Gasteiger partial charge on any atom is 0.342 e. The van der Waals surface area contributed by atoms with Crippen LogP contribution >= 0.6 is 36.6 Å². The van der Waals surface area contributed by atoms with Crippen LogP contribution in [0.3, 0.4) is 0 Å². The first-order chi connectivity index (χ1) is 6.77. The zero-order chi connectivity index (χ0) is 9.97. The number of halogens is 2. The molecule has 0 spiro atoms. The van der Waals surface area contributed by atoms with E-state index in [0.29, 0.717) is 11.5 Å². The minimum absolute atomic E-state index is 0. The van der Waals surface area contributed by atoms with Crippen molar-refractivity contribution in [3.8, 4) is 5.75 Å². The predicted octanol–water partition coefficient (Wildman–Crippen LogP) is 2.98. The summed E-state index contributed by atoms with van der Waals surface area (Å²) in [7, 11) is 0. The number of carboxylic acids is 1. The van der Waals surface area contributed by atoms with Crippen molar-refractivity contribution in [2.24, 2.45) is 0 Å². The van der Waals surface area contributed by atoms with Gasteiger partial charge in [0.05, 0.1) is 9.80 Å². The molecule has 0 saturated carbocycles. The van der Waals surface area contributed by atoms with Crippen molar-refractivity contribution in [1.29, 1.82) is 0 Å². The van der Waals surface area contributed by atoms with E-state index in [4.69, 9.17) is 9.84 Å². The molecule has 0 aromatic heterocycles. The van der Waals surface area contributed by atoms with Crippen LogP contribution in [0.5, 0.6) is 5.75 Å². The number of hydrogen-bond acceptors (Lipinski definition) is 3. The fraction of sp³-hybridized carbons (Fsp3) is 0.100. The van der Waals surface area contributed by atoms with Gasteiger partial charge in [0, 0.05) is 0 Å². The van der Waals surface area contributed by atoms with Gasteiger partial charge >= 0.3 is 5.97 Å². The monoisotopic (exact) mass is 280 g/mol. The topological polar surface area (TPSA) is 46.5 Å². The van der Waals surface area contributed by atoms with Crippen LogP contribution in [0.4, 0.5) is 0 Å². The Morgan fingerprint density at radius 1 is 1.31 bits per heavy atom. The van der Waals surface area contributed by atoms with Crippen LogP contribution in [-0.4, -0.2) is 17.7 Å². The molecule has 6 heteroatoms. The highest BCUT2D eigenvalue weighted by Crippen LogP contribution is 2.36. The summed E-state index contributed by atoms with van der Waals surface area (Å²) in [6.45, 7) is 0.311. The SMILES string of the molecule is Cl.Cl.O=C(O)C1=CCOc2ccccc2S1. The van der Waals surface area contributed by atoms with E-state index in [9.17, 15) is 4.79 Å². The van der Waals surface area contributed by atoms with E-state index in [1.807, 2.05) is 24.3 Å². The van der Waals surface area contributed by atoms with E-state index in [2.05, 4.69) is 0 Å². The molecule has 16 heavy (non-hydrogen) atoms. The fourth-order valence-corrected chi connectivity index (χ4v) is 2.00. The van der Waals surface area contributed by atoms with Crippen molar-refractivity contribution in [3.05, 3.63) is 35.2 Å². The first-order valence-corrected chi connectivity index (χ1v) is 4.92. The maximum atomic E-state index is 10.8. The summed E-state index contributed by atoms with van der Waals surface area (Å²) in [5.74, 6) is -0.166. The van der Waals surface area contributed by atoms with Gasteiger partial charge in [0.15, 0.2) is 0 Å². The predicted molar refractivity (Wildman–Crippen MR) is 68.0 cm³/mol. The molecule has 88 valence electrons. The van der Waals surface area contributed by atoms with Crippen LogP contribution in [0.2, 0.25) is 0 Å². The average molecular weight is 281 g/mol. The fourth-order valence-electron chi connectivity index (χ4n) is 1.15. The van der Waals surface area contributed by atoms with E-state index < -0.39 is 5.97 Å². The summed E-state index contributed by atoms with van der Waals surface area (Å²) in [6.07, 6.45) is 1.58. The van der Waals surface area contributed by atoms with Crippen LogP contribution in [0, 0.1) is 0 Å². The number of ether oxygens (including phenoxy) is 1. The van der Waals surface area contributed by atoms with Gasteiger partial charge in [-0.1, -0.05) is 23.9 Å². The molecule has 0 amide bonds. The second-order valence-corrected chi connectivity index (χ2v) is 3.82. The number of hydrogen-bond donors (Lipinski definition) is 1. The van der Waals surface area contributed by atoms with Gasteiger partial charge in [0.1, 0.15) is 12.4 Å². The Morgan fingerprint density at radius 2 is 2.00 bits per heavy atom. The molecule has 1 aromatic carbocycles. The maximum absolute atomic E-state index is 10.8. The second-order valence-electron chi connectivity index (χ2n) is 2.73. The van der Waals surface area contributed by atoms with E-state index in [0.717, 1.165) is 10.6 Å². The van der Waals surface area contributed by atoms with Gasteiger partial charge in [-0.05, 0) is 18.2 Å². The van der Waals surface area contributed by atoms with E-state index in [1.165, 1.54) is 11.8 Å². The summed E-state index contributed by atoms with van der Waals surface area (Å²) in [5.41, 5.74) is 0. The molecule has 0 saturated heterocycles. The zero-order valence-electron chi connectivity index (χ0n) is 8.08. The van der Waals surface area contributed by atoms with Crippen molar-refractivity contribution in [3.63, 3.8) is 0 Å². The number of carbonyl (C=O) groups is 1. The van der Waals surface area contributed by atoms with Crippen molar-refractivity contribution in [1.82, 2.24) is 0 Å². The average Bonchev–Trinajstić information content (AvgIpc) is 2.39. The number of aliphatic carboxylic acids is 1. The third kappa shape index (κ3) is 3.33. The van der Waals surface area contributed by atoms with Crippen molar-refractivity contribution in [2.75, 3.05) is 6.61 Å². The first kappa shape index (κ1) is 15.2. The van der Waals surface area contributed by atoms with E-state index in [-0.39, 0.29) is 24.8 Å². The highest BCUT2D eigenvalue weighted by molar-refractivity contribution is 8.04. The van der Waals surface area contributed by atoms with Gasteiger partial charge in [0.2, 0.25) is 0 Å². The van der Waals surface area contributed by atoms with Crippen LogP contribution < -0.4 is 4.74 Å². The van der Waals surface area contributed by atoms with Crippen LogP contribution in [0.15, 0.2) is 40.1 Å². The quantitative estimate of drug-likeness (QED) is 0.859. The molecule has 2 rings (SSSR count). The number of para-hydroxylation sites is 1. The number of thioether (sulfide) groups is 1. The summed E-state index contributed by atoms with van der Waals surface area (Å²) < 4.78 is 5.37. The molecule has 0 atom stereocenters. The number of carboxylic acid groups (broad SMARTS) is 1. The summed E-state index contributed by atoms with van der Waals surface area (Å²) in [6, 6.07) is 7.41. The normalized spacial score (nSPS) is 12.9. The van der Waals surface area contributed by atoms with Gasteiger partial charge in [-0.3, -0.25) is 0 Å². The van der Waals surface area contributed by atoms with Crippen LogP contribution in [-0.2, 0) is 4.79 Å². The Kier molecular flexibility index (Phi) is 6.33. The molecule has 0 fully saturated rings. The highest BCUT2D eigenvalue weighted by atomic mass is 35.5. The Bertz CT molecular complexity index is 407. The number of fused-ring (bicyclic) bond motifs is 1. The standard InChI is InChI=1S/C10H8O3S.2ClH/c11-10(12)9-5-6-13-7-3-1-2-4-8(7)14-9;;/h1-5H,6H2,(H,11,12);2*1H. The Labute approximate surface area is 110 Å². The van der Waals surface area contributed by atoms with Gasteiger partial charge in [-0.25, -0.2) is 4.79 Å². The molecular formula is C10H10Cl2O3S. The van der Waals surface area contributed by atoms with Gasteiger partial charge in [-0.15, -0.1) is 24.8 Å². The van der Waals surface area contributed by atoms with Crippen molar-refractivity contribution >= 4 is 42.5 Å². The molecule has 1 aliphatic rings. The molecule has 0 bridgehead atoms. The molecule has 0 radical (unpaired) electrons. The zero-order valence-corrected chi connectivity index (χ0v) is 10.5. The van der Waals surface area contributed by atoms with Gasteiger partial charge in [-0.2, -0.15) is 0 Å². The lowest BCUT2D eigenvalue weighted by atomic mass is 10.3. The van der Waals surface area contributed by atoms with Gasteiger partial charge < -0.3 is 9.84 Å². The van der Waals surface area contributed by atoms with E-state index >= 15 is 0 Å². The molecule has 1 heterocycles. The second kappa shape index (κ2) is 6.68. The summed E-state index contributed by atoms with van der Waals surface area (Å²) >= 11 is 1.22. The molecule has 1 N–H and O–H groups in total. The molecular weight excluding hydrogens is 271 g/mol. The number of benzene rings is 1. The van der Waals surface area contributed by atoms with E-state index in [1.54, 1.807) is 6.08 Å². The lowest BCUT2D eigenvalue weighted by Gasteiger charge is -2.04. The third-order valence-corrected chi connectivity index (χ3v) is 2.91. The van der Waals surface area contributed by atoms with Crippen LogP contribution in [0.1, 0.15) is 0 Å². The highest BCUT2D eigenvalue weighted by Gasteiger charge is 2.15. The smallest absolute Gasteiger partial charge is 0.342 e. The molecule has 0 unspecified atom stereocenters. The molecule has 0 aliphatic carbocycles. The first-order valence-electron chi connectivity index (χ1n) is 4.10. The summed E-state index contributed by atoms with van der Waals surface area (Å²) in [4.78, 5) is 11.9. The van der Waals surface area contributed by atoms with Gasteiger partial charge in [0.25, 0.3) is 0 Å². The third-order valence-electron chi connectivity index (χ3n) is 1.79. The van der Waals surface area contributed by atoms with Crippen molar-refractivity contribution in [2.45, 2.75) is 4.90 Å². The molecule has 3 nitrogen and oxygen atoms in total. The minimum atomic E-state index is -0.907. The Balaban J connectivity index is 0.00000112. The minimum Gasteiger partial charge on any atom is -0.488 e. The lowest BCUT2D eigenvalue weighted by molar-refractivity contribution is -0.131. The molecule has 1 aromatic rings. The Hall–Kier alpha value is -0.840.